The molecule has 118 valence electrons. The summed E-state index contributed by atoms with van der Waals surface area (Å²) < 4.78 is 36.4. The van der Waals surface area contributed by atoms with Crippen LogP contribution in [-0.2, 0) is 16.6 Å². The van der Waals surface area contributed by atoms with Gasteiger partial charge in [0.2, 0.25) is 10.0 Å². The maximum absolute atomic E-state index is 12.9. The van der Waals surface area contributed by atoms with Crippen molar-refractivity contribution in [2.45, 2.75) is 13.0 Å². The molecule has 8 heteroatoms. The summed E-state index contributed by atoms with van der Waals surface area (Å²) in [6.07, 6.45) is 1.64. The SMILES string of the molecule is CN(CCCNC(=O)NCc1cccc(F)c1)S(C)(=O)=O. The number of carbonyl (C=O) groups is 1. The first-order chi connectivity index (χ1) is 9.79. The fraction of sp³-hybridized carbons (Fsp3) is 0.462. The maximum atomic E-state index is 12.9. The van der Waals surface area contributed by atoms with Crippen molar-refractivity contribution in [3.05, 3.63) is 35.6 Å². The molecule has 1 rings (SSSR count). The van der Waals surface area contributed by atoms with Crippen LogP contribution in [-0.4, -0.2) is 45.1 Å². The smallest absolute Gasteiger partial charge is 0.315 e. The van der Waals surface area contributed by atoms with E-state index in [1.165, 1.54) is 23.5 Å². The highest BCUT2D eigenvalue weighted by molar-refractivity contribution is 7.88. The Morgan fingerprint density at radius 3 is 2.67 bits per heavy atom. The van der Waals surface area contributed by atoms with Crippen LogP contribution in [0.1, 0.15) is 12.0 Å². The van der Waals surface area contributed by atoms with Crippen molar-refractivity contribution in [2.24, 2.45) is 0 Å². The Kier molecular flexibility index (Phi) is 6.57. The topological polar surface area (TPSA) is 78.5 Å². The number of halogens is 1. The molecule has 0 atom stereocenters. The zero-order valence-electron chi connectivity index (χ0n) is 12.1. The molecule has 0 radical (unpaired) electrons. The second-order valence-corrected chi connectivity index (χ2v) is 6.77. The van der Waals surface area contributed by atoms with E-state index in [-0.39, 0.29) is 18.4 Å². The van der Waals surface area contributed by atoms with Crippen LogP contribution in [0.5, 0.6) is 0 Å². The average Bonchev–Trinajstić information content (AvgIpc) is 2.40. The van der Waals surface area contributed by atoms with Crippen LogP contribution >= 0.6 is 0 Å². The summed E-state index contributed by atoms with van der Waals surface area (Å²) in [5.74, 6) is -0.349. The lowest BCUT2D eigenvalue weighted by molar-refractivity contribution is 0.240. The fourth-order valence-electron chi connectivity index (χ4n) is 1.56. The maximum Gasteiger partial charge on any atom is 0.315 e. The zero-order chi connectivity index (χ0) is 15.9. The van der Waals surface area contributed by atoms with Crippen LogP contribution in [0.25, 0.3) is 0 Å². The average molecular weight is 317 g/mol. The van der Waals surface area contributed by atoms with Crippen LogP contribution in [0.2, 0.25) is 0 Å². The molecular weight excluding hydrogens is 297 g/mol. The number of rotatable bonds is 7. The highest BCUT2D eigenvalue weighted by Gasteiger charge is 2.09. The van der Waals surface area contributed by atoms with Gasteiger partial charge in [0.05, 0.1) is 6.26 Å². The first-order valence-electron chi connectivity index (χ1n) is 6.46. The number of nitrogens with zero attached hydrogens (tertiary/aromatic N) is 1. The molecule has 0 aromatic heterocycles. The van der Waals surface area contributed by atoms with Crippen LogP contribution in [0.15, 0.2) is 24.3 Å². The molecular formula is C13H20FN3O3S. The normalized spacial score (nSPS) is 11.4. The molecule has 6 nitrogen and oxygen atoms in total. The van der Waals surface area contributed by atoms with E-state index < -0.39 is 10.0 Å². The summed E-state index contributed by atoms with van der Waals surface area (Å²) >= 11 is 0. The summed E-state index contributed by atoms with van der Waals surface area (Å²) in [5.41, 5.74) is 0.668. The quantitative estimate of drug-likeness (QED) is 0.734. The molecule has 0 heterocycles. The molecule has 0 fully saturated rings. The number of urea groups is 1. The molecule has 0 unspecified atom stereocenters. The lowest BCUT2D eigenvalue weighted by atomic mass is 10.2. The third-order valence-electron chi connectivity index (χ3n) is 2.84. The van der Waals surface area contributed by atoms with E-state index in [0.717, 1.165) is 6.26 Å². The van der Waals surface area contributed by atoms with Crippen molar-refractivity contribution < 1.29 is 17.6 Å². The minimum absolute atomic E-state index is 0.229. The molecule has 0 spiro atoms. The number of nitrogens with one attached hydrogen (secondary N) is 2. The second-order valence-electron chi connectivity index (χ2n) is 4.68. The highest BCUT2D eigenvalue weighted by Crippen LogP contribution is 2.02. The summed E-state index contributed by atoms with van der Waals surface area (Å²) in [7, 11) is -1.70. The minimum atomic E-state index is -3.18. The fourth-order valence-corrected chi connectivity index (χ4v) is 2.02. The monoisotopic (exact) mass is 317 g/mol. The predicted octanol–water partition coefficient (Wildman–Crippen LogP) is 0.906. The lowest BCUT2D eigenvalue weighted by Gasteiger charge is -2.14. The molecule has 0 saturated carbocycles. The van der Waals surface area contributed by atoms with Crippen molar-refractivity contribution in [1.29, 1.82) is 0 Å². The van der Waals surface area contributed by atoms with E-state index >= 15 is 0 Å². The van der Waals surface area contributed by atoms with Gasteiger partial charge in [0, 0.05) is 26.7 Å². The van der Waals surface area contributed by atoms with Gasteiger partial charge < -0.3 is 10.6 Å². The van der Waals surface area contributed by atoms with Crippen LogP contribution in [0.4, 0.5) is 9.18 Å². The number of sulfonamides is 1. The molecule has 0 aliphatic carbocycles. The Balaban J connectivity index is 2.20. The third-order valence-corrected chi connectivity index (χ3v) is 4.16. The Morgan fingerprint density at radius 2 is 2.05 bits per heavy atom. The van der Waals surface area contributed by atoms with Crippen molar-refractivity contribution in [3.8, 4) is 0 Å². The Hall–Kier alpha value is -1.67. The molecule has 0 aliphatic heterocycles. The van der Waals surface area contributed by atoms with Crippen molar-refractivity contribution >= 4 is 16.1 Å². The predicted molar refractivity (Wildman–Crippen MR) is 78.7 cm³/mol. The van der Waals surface area contributed by atoms with Gasteiger partial charge in [-0.05, 0) is 24.1 Å². The molecule has 21 heavy (non-hydrogen) atoms. The molecule has 0 bridgehead atoms. The molecule has 2 N–H and O–H groups in total. The molecule has 1 aromatic carbocycles. The number of amides is 2. The Bertz CT molecular complexity index is 578. The minimum Gasteiger partial charge on any atom is -0.338 e. The Morgan fingerprint density at radius 1 is 1.33 bits per heavy atom. The van der Waals surface area contributed by atoms with Crippen molar-refractivity contribution in [2.75, 3.05) is 26.4 Å². The molecule has 0 aliphatic rings. The number of hydrogen-bond acceptors (Lipinski definition) is 3. The number of hydrogen-bond donors (Lipinski definition) is 2. The van der Waals surface area contributed by atoms with Crippen molar-refractivity contribution in [1.82, 2.24) is 14.9 Å². The summed E-state index contributed by atoms with van der Waals surface area (Å²) in [5, 5.41) is 5.21. The number of benzene rings is 1. The van der Waals surface area contributed by atoms with Gasteiger partial charge in [-0.2, -0.15) is 0 Å². The first kappa shape index (κ1) is 17.4. The largest absolute Gasteiger partial charge is 0.338 e. The van der Waals surface area contributed by atoms with E-state index in [1.54, 1.807) is 12.1 Å². The van der Waals surface area contributed by atoms with Crippen molar-refractivity contribution in [3.63, 3.8) is 0 Å². The van der Waals surface area contributed by atoms with E-state index in [2.05, 4.69) is 10.6 Å². The van der Waals surface area contributed by atoms with E-state index in [9.17, 15) is 17.6 Å². The van der Waals surface area contributed by atoms with Gasteiger partial charge in [0.25, 0.3) is 0 Å². The van der Waals surface area contributed by atoms with E-state index in [4.69, 9.17) is 0 Å². The van der Waals surface area contributed by atoms with Gasteiger partial charge in [0.15, 0.2) is 0 Å². The highest BCUT2D eigenvalue weighted by atomic mass is 32.2. The molecule has 2 amide bonds. The standard InChI is InChI=1S/C13H20FN3O3S/c1-17(21(2,19)20)8-4-7-15-13(18)16-10-11-5-3-6-12(14)9-11/h3,5-6,9H,4,7-8,10H2,1-2H3,(H2,15,16,18). The van der Waals surface area contributed by atoms with Crippen LogP contribution < -0.4 is 10.6 Å². The van der Waals surface area contributed by atoms with Gasteiger partial charge in [0.1, 0.15) is 5.82 Å². The Labute approximate surface area is 124 Å². The van der Waals surface area contributed by atoms with Crippen LogP contribution in [0.3, 0.4) is 0 Å². The number of carbonyl (C=O) groups excluding carboxylic acids is 1. The van der Waals surface area contributed by atoms with Gasteiger partial charge in [-0.1, -0.05) is 12.1 Å². The lowest BCUT2D eigenvalue weighted by Crippen LogP contribution is -2.37. The zero-order valence-corrected chi connectivity index (χ0v) is 12.9. The van der Waals surface area contributed by atoms with Gasteiger partial charge >= 0.3 is 6.03 Å². The summed E-state index contributed by atoms with van der Waals surface area (Å²) in [6, 6.07) is 5.60. The van der Waals surface area contributed by atoms with Gasteiger partial charge in [-0.15, -0.1) is 0 Å². The van der Waals surface area contributed by atoms with E-state index in [1.807, 2.05) is 0 Å². The third kappa shape index (κ3) is 7.05. The first-order valence-corrected chi connectivity index (χ1v) is 8.31. The van der Waals surface area contributed by atoms with E-state index in [0.29, 0.717) is 25.1 Å². The molecule has 1 aromatic rings. The summed E-state index contributed by atoms with van der Waals surface area (Å²) in [6.45, 7) is 0.921. The molecule has 0 saturated heterocycles. The second kappa shape index (κ2) is 7.94. The summed E-state index contributed by atoms with van der Waals surface area (Å²) in [4.78, 5) is 11.5. The van der Waals surface area contributed by atoms with Gasteiger partial charge in [-0.25, -0.2) is 21.9 Å². The van der Waals surface area contributed by atoms with Gasteiger partial charge in [-0.3, -0.25) is 0 Å². The van der Waals surface area contributed by atoms with Crippen LogP contribution in [0, 0.1) is 5.82 Å².